The molecule has 0 aliphatic rings. The van der Waals surface area contributed by atoms with E-state index in [4.69, 9.17) is 0 Å². The van der Waals surface area contributed by atoms with Crippen LogP contribution < -0.4 is 9.80 Å². The molecule has 0 spiro atoms. The van der Waals surface area contributed by atoms with Crippen LogP contribution in [0.1, 0.15) is 40.2 Å². The van der Waals surface area contributed by atoms with Gasteiger partial charge in [0.25, 0.3) is 0 Å². The molecule has 0 bridgehead atoms. The zero-order valence-corrected chi connectivity index (χ0v) is 16.3. The predicted octanol–water partition coefficient (Wildman–Crippen LogP) is 4.39. The second-order valence-electron chi connectivity index (χ2n) is 7.38. The van der Waals surface area contributed by atoms with Gasteiger partial charge in [-0.15, -0.1) is 0 Å². The van der Waals surface area contributed by atoms with Crippen molar-refractivity contribution in [1.29, 1.82) is 0 Å². The van der Waals surface area contributed by atoms with Crippen LogP contribution in [0.3, 0.4) is 0 Å². The molecule has 0 N–H and O–H groups in total. The first-order chi connectivity index (χ1) is 12.2. The van der Waals surface area contributed by atoms with Crippen molar-refractivity contribution in [3.05, 3.63) is 60.2 Å². The van der Waals surface area contributed by atoms with Crippen LogP contribution in [0.25, 0.3) is 0 Å². The molecule has 0 saturated carbocycles. The highest BCUT2D eigenvalue weighted by atomic mass is 16.2. The van der Waals surface area contributed by atoms with Gasteiger partial charge in [0.05, 0.1) is 0 Å². The molecular formula is C22H28N2O2. The molecule has 0 saturated heterocycles. The molecule has 4 nitrogen and oxygen atoms in total. The molecule has 0 aliphatic heterocycles. The summed E-state index contributed by atoms with van der Waals surface area (Å²) in [5, 5.41) is 0. The van der Waals surface area contributed by atoms with Gasteiger partial charge in [-0.1, -0.05) is 51.1 Å². The lowest BCUT2D eigenvalue weighted by Crippen LogP contribution is -2.42. The fraction of sp³-hybridized carbons (Fsp3) is 0.364. The Morgan fingerprint density at radius 2 is 1.38 bits per heavy atom. The lowest BCUT2D eigenvalue weighted by atomic mass is 9.87. The Morgan fingerprint density at radius 3 is 1.85 bits per heavy atom. The van der Waals surface area contributed by atoms with E-state index in [1.54, 1.807) is 4.90 Å². The molecule has 2 aromatic carbocycles. The molecule has 4 heteroatoms. The Kier molecular flexibility index (Phi) is 6.19. The molecule has 2 rings (SSSR count). The molecular weight excluding hydrogens is 324 g/mol. The maximum Gasteiger partial charge on any atom is 0.247 e. The largest absolute Gasteiger partial charge is 0.311 e. The number of nitrogens with zero attached hydrogens (tertiary/aromatic N) is 2. The number of rotatable bonds is 5. The minimum absolute atomic E-state index is 0.0208. The summed E-state index contributed by atoms with van der Waals surface area (Å²) in [6.07, 6.45) is 0. The molecule has 0 unspecified atom stereocenters. The summed E-state index contributed by atoms with van der Waals surface area (Å²) in [7, 11) is 0. The standard InChI is InChI=1S/C22H28N2O2/c1-6-23(19-10-8-7-9-11-19)21(26)16-24(17(2)25)20-14-12-18(13-15-20)22(3,4)5/h7-15H,6,16H2,1-5H3. The summed E-state index contributed by atoms with van der Waals surface area (Å²) < 4.78 is 0. The molecule has 0 radical (unpaired) electrons. The molecule has 0 heterocycles. The Labute approximate surface area is 156 Å². The van der Waals surface area contributed by atoms with E-state index in [1.165, 1.54) is 17.4 Å². The van der Waals surface area contributed by atoms with Crippen LogP contribution in [0, 0.1) is 0 Å². The Balaban J connectivity index is 2.22. The predicted molar refractivity (Wildman–Crippen MR) is 108 cm³/mol. The molecule has 0 aromatic heterocycles. The van der Waals surface area contributed by atoms with E-state index >= 15 is 0 Å². The minimum atomic E-state index is -0.147. The first-order valence-corrected chi connectivity index (χ1v) is 8.98. The number of carbonyl (C=O) groups is 2. The Hall–Kier alpha value is -2.62. The number of para-hydroxylation sites is 1. The third-order valence-corrected chi connectivity index (χ3v) is 4.40. The van der Waals surface area contributed by atoms with E-state index in [1.807, 2.05) is 61.5 Å². The van der Waals surface area contributed by atoms with Crippen LogP contribution in [0.2, 0.25) is 0 Å². The fourth-order valence-corrected chi connectivity index (χ4v) is 2.86. The smallest absolute Gasteiger partial charge is 0.247 e. The summed E-state index contributed by atoms with van der Waals surface area (Å²) in [5.41, 5.74) is 2.81. The van der Waals surface area contributed by atoms with Gasteiger partial charge in [0.2, 0.25) is 11.8 Å². The Bertz CT molecular complexity index is 746. The molecule has 26 heavy (non-hydrogen) atoms. The minimum Gasteiger partial charge on any atom is -0.311 e. The van der Waals surface area contributed by atoms with Crippen LogP contribution in [0.5, 0.6) is 0 Å². The van der Waals surface area contributed by atoms with Gasteiger partial charge in [0, 0.05) is 24.8 Å². The van der Waals surface area contributed by atoms with Crippen LogP contribution in [-0.2, 0) is 15.0 Å². The van der Waals surface area contributed by atoms with E-state index < -0.39 is 0 Å². The molecule has 2 aromatic rings. The van der Waals surface area contributed by atoms with Gasteiger partial charge < -0.3 is 9.80 Å². The van der Waals surface area contributed by atoms with Gasteiger partial charge in [-0.3, -0.25) is 9.59 Å². The second-order valence-corrected chi connectivity index (χ2v) is 7.38. The summed E-state index contributed by atoms with van der Waals surface area (Å²) in [6.45, 7) is 10.4. The van der Waals surface area contributed by atoms with Gasteiger partial charge >= 0.3 is 0 Å². The number of hydrogen-bond acceptors (Lipinski definition) is 2. The van der Waals surface area contributed by atoms with Crippen LogP contribution in [0.15, 0.2) is 54.6 Å². The van der Waals surface area contributed by atoms with Crippen molar-refractivity contribution in [1.82, 2.24) is 0 Å². The molecule has 0 aliphatic carbocycles. The molecule has 2 amide bonds. The second kappa shape index (κ2) is 8.17. The summed E-state index contributed by atoms with van der Waals surface area (Å²) in [6, 6.07) is 17.4. The maximum atomic E-state index is 12.8. The molecule has 138 valence electrons. The summed E-state index contributed by atoms with van der Waals surface area (Å²) in [4.78, 5) is 28.2. The number of benzene rings is 2. The number of carbonyl (C=O) groups excluding carboxylic acids is 2. The summed E-state index contributed by atoms with van der Waals surface area (Å²) in [5.74, 6) is -0.250. The quantitative estimate of drug-likeness (QED) is 0.801. The van der Waals surface area contributed by atoms with Crippen molar-refractivity contribution in [2.75, 3.05) is 22.9 Å². The van der Waals surface area contributed by atoms with Gasteiger partial charge in [0.15, 0.2) is 0 Å². The van der Waals surface area contributed by atoms with E-state index in [-0.39, 0.29) is 23.8 Å². The van der Waals surface area contributed by atoms with Crippen molar-refractivity contribution in [3.8, 4) is 0 Å². The first kappa shape index (κ1) is 19.7. The highest BCUT2D eigenvalue weighted by molar-refractivity contribution is 6.02. The van der Waals surface area contributed by atoms with Crippen LogP contribution >= 0.6 is 0 Å². The van der Waals surface area contributed by atoms with Gasteiger partial charge in [-0.2, -0.15) is 0 Å². The van der Waals surface area contributed by atoms with Crippen molar-refractivity contribution in [2.45, 2.75) is 40.0 Å². The average molecular weight is 352 g/mol. The van der Waals surface area contributed by atoms with Crippen molar-refractivity contribution in [2.24, 2.45) is 0 Å². The number of anilines is 2. The van der Waals surface area contributed by atoms with Crippen LogP contribution in [-0.4, -0.2) is 24.9 Å². The number of likely N-dealkylation sites (N-methyl/N-ethyl adjacent to an activating group) is 1. The normalized spacial score (nSPS) is 11.1. The zero-order chi connectivity index (χ0) is 19.3. The highest BCUT2D eigenvalue weighted by Crippen LogP contribution is 2.25. The van der Waals surface area contributed by atoms with Crippen molar-refractivity contribution in [3.63, 3.8) is 0 Å². The fourth-order valence-electron chi connectivity index (χ4n) is 2.86. The molecule has 0 atom stereocenters. The molecule has 0 fully saturated rings. The van der Waals surface area contributed by atoms with Gasteiger partial charge in [-0.25, -0.2) is 0 Å². The van der Waals surface area contributed by atoms with Gasteiger partial charge in [-0.05, 0) is 42.2 Å². The lowest BCUT2D eigenvalue weighted by Gasteiger charge is -2.27. The topological polar surface area (TPSA) is 40.6 Å². The Morgan fingerprint density at radius 1 is 0.846 bits per heavy atom. The number of amides is 2. The summed E-state index contributed by atoms with van der Waals surface area (Å²) >= 11 is 0. The van der Waals surface area contributed by atoms with Crippen molar-refractivity contribution < 1.29 is 9.59 Å². The van der Waals surface area contributed by atoms with Gasteiger partial charge in [0.1, 0.15) is 6.54 Å². The van der Waals surface area contributed by atoms with E-state index in [2.05, 4.69) is 20.8 Å². The lowest BCUT2D eigenvalue weighted by molar-refractivity contribution is -0.121. The third-order valence-electron chi connectivity index (χ3n) is 4.40. The first-order valence-electron chi connectivity index (χ1n) is 8.98. The van der Waals surface area contributed by atoms with E-state index in [9.17, 15) is 9.59 Å². The van der Waals surface area contributed by atoms with E-state index in [0.717, 1.165) is 11.4 Å². The highest BCUT2D eigenvalue weighted by Gasteiger charge is 2.21. The monoisotopic (exact) mass is 352 g/mol. The third kappa shape index (κ3) is 4.72. The number of hydrogen-bond donors (Lipinski definition) is 0. The van der Waals surface area contributed by atoms with Crippen LogP contribution in [0.4, 0.5) is 11.4 Å². The van der Waals surface area contributed by atoms with E-state index in [0.29, 0.717) is 6.54 Å². The average Bonchev–Trinajstić information content (AvgIpc) is 2.60. The SMILES string of the molecule is CCN(C(=O)CN(C(C)=O)c1ccc(C(C)(C)C)cc1)c1ccccc1. The maximum absolute atomic E-state index is 12.8. The van der Waals surface area contributed by atoms with Crippen molar-refractivity contribution >= 4 is 23.2 Å². The zero-order valence-electron chi connectivity index (χ0n) is 16.3.